The zero-order valence-corrected chi connectivity index (χ0v) is 12.4. The number of carbonyl (C=O) groups is 1. The van der Waals surface area contributed by atoms with Crippen LogP contribution in [0.25, 0.3) is 0 Å². The summed E-state index contributed by atoms with van der Waals surface area (Å²) >= 11 is 1.46. The third-order valence-electron chi connectivity index (χ3n) is 2.93. The molecule has 2 aromatic rings. The monoisotopic (exact) mass is 287 g/mol. The fourth-order valence-corrected chi connectivity index (χ4v) is 2.21. The van der Waals surface area contributed by atoms with E-state index in [0.717, 1.165) is 6.42 Å². The van der Waals surface area contributed by atoms with Gasteiger partial charge in [-0.05, 0) is 25.2 Å². The fourth-order valence-electron chi connectivity index (χ4n) is 1.83. The largest absolute Gasteiger partial charge is 0.352 e. The zero-order chi connectivity index (χ0) is 14.4. The van der Waals surface area contributed by atoms with Gasteiger partial charge in [-0.25, -0.2) is 9.97 Å². The minimum atomic E-state index is -0.119. The Kier molecular flexibility index (Phi) is 5.12. The Hall–Kier alpha value is -1.88. The molecule has 4 nitrogen and oxygen atoms in total. The summed E-state index contributed by atoms with van der Waals surface area (Å²) in [5.74, 6) is -0.119. The second-order valence-corrected chi connectivity index (χ2v) is 5.12. The Morgan fingerprint density at radius 1 is 1.30 bits per heavy atom. The summed E-state index contributed by atoms with van der Waals surface area (Å²) in [4.78, 5) is 20.5. The third-order valence-corrected chi connectivity index (χ3v) is 3.49. The number of aromatic nitrogens is 2. The van der Waals surface area contributed by atoms with Crippen molar-refractivity contribution in [2.75, 3.05) is 12.8 Å². The van der Waals surface area contributed by atoms with Gasteiger partial charge in [-0.1, -0.05) is 42.1 Å². The Balaban J connectivity index is 1.92. The van der Waals surface area contributed by atoms with Crippen molar-refractivity contribution in [3.63, 3.8) is 0 Å². The molecule has 0 spiro atoms. The Morgan fingerprint density at radius 2 is 2.05 bits per heavy atom. The quantitative estimate of drug-likeness (QED) is 0.678. The maximum absolute atomic E-state index is 12.1. The molecule has 2 rings (SSSR count). The van der Waals surface area contributed by atoms with Crippen molar-refractivity contribution in [1.82, 2.24) is 15.3 Å². The number of benzene rings is 1. The van der Waals surface area contributed by atoms with Crippen molar-refractivity contribution in [2.45, 2.75) is 18.5 Å². The highest BCUT2D eigenvalue weighted by molar-refractivity contribution is 7.98. The summed E-state index contributed by atoms with van der Waals surface area (Å²) in [6, 6.07) is 10.1. The highest BCUT2D eigenvalue weighted by Gasteiger charge is 2.10. The molecule has 5 heteroatoms. The van der Waals surface area contributed by atoms with Gasteiger partial charge in [0.25, 0.3) is 5.91 Å². The lowest BCUT2D eigenvalue weighted by Gasteiger charge is -2.07. The van der Waals surface area contributed by atoms with Crippen molar-refractivity contribution in [2.24, 2.45) is 0 Å². The average Bonchev–Trinajstić information content (AvgIpc) is 2.48. The van der Waals surface area contributed by atoms with Gasteiger partial charge < -0.3 is 5.32 Å². The molecule has 1 heterocycles. The molecule has 1 amide bonds. The van der Waals surface area contributed by atoms with Crippen LogP contribution in [0.3, 0.4) is 0 Å². The van der Waals surface area contributed by atoms with E-state index in [1.807, 2.05) is 43.5 Å². The van der Waals surface area contributed by atoms with Crippen LogP contribution in [0.15, 0.2) is 41.7 Å². The number of hydrogen-bond acceptors (Lipinski definition) is 4. The van der Waals surface area contributed by atoms with E-state index in [4.69, 9.17) is 0 Å². The molecule has 1 aromatic heterocycles. The van der Waals surface area contributed by atoms with Gasteiger partial charge in [0.1, 0.15) is 0 Å². The van der Waals surface area contributed by atoms with Gasteiger partial charge in [0.05, 0.1) is 11.3 Å². The molecule has 1 aromatic carbocycles. The molecule has 0 saturated carbocycles. The van der Waals surface area contributed by atoms with Crippen LogP contribution >= 0.6 is 11.8 Å². The molecular formula is C15H17N3OS. The minimum absolute atomic E-state index is 0.119. The summed E-state index contributed by atoms with van der Waals surface area (Å²) in [7, 11) is 0. The molecule has 0 radical (unpaired) electrons. The van der Waals surface area contributed by atoms with Gasteiger partial charge in [-0.2, -0.15) is 0 Å². The van der Waals surface area contributed by atoms with Crippen molar-refractivity contribution in [3.8, 4) is 0 Å². The summed E-state index contributed by atoms with van der Waals surface area (Å²) in [6.45, 7) is 2.43. The van der Waals surface area contributed by atoms with E-state index in [-0.39, 0.29) is 5.91 Å². The fraction of sp³-hybridized carbons (Fsp3) is 0.267. The van der Waals surface area contributed by atoms with E-state index in [2.05, 4.69) is 15.3 Å². The maximum atomic E-state index is 12.1. The summed E-state index contributed by atoms with van der Waals surface area (Å²) in [5, 5.41) is 3.58. The van der Waals surface area contributed by atoms with Crippen molar-refractivity contribution >= 4 is 17.7 Å². The minimum Gasteiger partial charge on any atom is -0.352 e. The van der Waals surface area contributed by atoms with Crippen molar-refractivity contribution < 1.29 is 4.79 Å². The van der Waals surface area contributed by atoms with Crippen LogP contribution in [-0.2, 0) is 6.42 Å². The molecule has 0 atom stereocenters. The lowest BCUT2D eigenvalue weighted by atomic mass is 10.1. The van der Waals surface area contributed by atoms with E-state index < -0.39 is 0 Å². The summed E-state index contributed by atoms with van der Waals surface area (Å²) < 4.78 is 0. The van der Waals surface area contributed by atoms with E-state index in [9.17, 15) is 4.79 Å². The molecular weight excluding hydrogens is 270 g/mol. The molecule has 0 aliphatic heterocycles. The molecule has 0 bridgehead atoms. The van der Waals surface area contributed by atoms with Crippen LogP contribution in [0.2, 0.25) is 0 Å². The predicted octanol–water partition coefficient (Wildman–Crippen LogP) is 2.48. The van der Waals surface area contributed by atoms with Gasteiger partial charge >= 0.3 is 0 Å². The zero-order valence-electron chi connectivity index (χ0n) is 11.6. The average molecular weight is 287 g/mol. The van der Waals surface area contributed by atoms with E-state index >= 15 is 0 Å². The first-order valence-electron chi connectivity index (χ1n) is 6.40. The van der Waals surface area contributed by atoms with Crippen molar-refractivity contribution in [3.05, 3.63) is 53.3 Å². The molecule has 0 unspecified atom stereocenters. The van der Waals surface area contributed by atoms with Crippen LogP contribution in [0.4, 0.5) is 0 Å². The second-order valence-electron chi connectivity index (χ2n) is 4.35. The van der Waals surface area contributed by atoms with Crippen LogP contribution < -0.4 is 5.32 Å². The highest BCUT2D eigenvalue weighted by atomic mass is 32.2. The first-order valence-corrected chi connectivity index (χ1v) is 7.63. The smallest absolute Gasteiger partial charge is 0.254 e. The second kappa shape index (κ2) is 7.05. The number of aryl methyl sites for hydroxylation is 1. The molecule has 0 aliphatic rings. The first kappa shape index (κ1) is 14.5. The summed E-state index contributed by atoms with van der Waals surface area (Å²) in [5.41, 5.74) is 2.45. The van der Waals surface area contributed by atoms with E-state index in [1.165, 1.54) is 17.3 Å². The van der Waals surface area contributed by atoms with E-state index in [1.54, 1.807) is 6.20 Å². The number of nitrogens with zero attached hydrogens (tertiary/aromatic N) is 2. The number of hydrogen-bond donors (Lipinski definition) is 1. The number of rotatable bonds is 5. The van der Waals surface area contributed by atoms with E-state index in [0.29, 0.717) is 23.0 Å². The molecule has 1 N–H and O–H groups in total. The number of amides is 1. The Morgan fingerprint density at radius 3 is 2.70 bits per heavy atom. The third kappa shape index (κ3) is 3.81. The van der Waals surface area contributed by atoms with Crippen LogP contribution in [0.1, 0.15) is 21.6 Å². The molecule has 0 aliphatic carbocycles. The van der Waals surface area contributed by atoms with Gasteiger partial charge in [-0.15, -0.1) is 0 Å². The molecule has 0 saturated heterocycles. The van der Waals surface area contributed by atoms with Crippen LogP contribution in [0.5, 0.6) is 0 Å². The number of carbonyl (C=O) groups excluding carboxylic acids is 1. The number of thioether (sulfide) groups is 1. The topological polar surface area (TPSA) is 54.9 Å². The molecule has 0 fully saturated rings. The van der Waals surface area contributed by atoms with Gasteiger partial charge in [0.15, 0.2) is 5.16 Å². The lowest BCUT2D eigenvalue weighted by Crippen LogP contribution is -2.26. The van der Waals surface area contributed by atoms with Crippen molar-refractivity contribution in [1.29, 1.82) is 0 Å². The Labute approximate surface area is 123 Å². The maximum Gasteiger partial charge on any atom is 0.254 e. The van der Waals surface area contributed by atoms with Gasteiger partial charge in [0.2, 0.25) is 0 Å². The normalized spacial score (nSPS) is 10.3. The Bertz CT molecular complexity index is 587. The van der Waals surface area contributed by atoms with Crippen LogP contribution in [0, 0.1) is 6.92 Å². The predicted molar refractivity (Wildman–Crippen MR) is 81.0 cm³/mol. The lowest BCUT2D eigenvalue weighted by molar-refractivity contribution is 0.0952. The SMILES string of the molecule is CSc1ncc(C(=O)NCCc2ccccc2)c(C)n1. The van der Waals surface area contributed by atoms with Gasteiger partial charge in [-0.3, -0.25) is 4.79 Å². The summed E-state index contributed by atoms with van der Waals surface area (Å²) in [6.07, 6.45) is 4.32. The molecule has 20 heavy (non-hydrogen) atoms. The first-order chi connectivity index (χ1) is 9.70. The highest BCUT2D eigenvalue weighted by Crippen LogP contribution is 2.11. The standard InChI is InChI=1S/C15H17N3OS/c1-11-13(10-17-15(18-11)20-2)14(19)16-9-8-12-6-4-3-5-7-12/h3-7,10H,8-9H2,1-2H3,(H,16,19). The molecule has 104 valence electrons. The van der Waals surface area contributed by atoms with Crippen LogP contribution in [-0.4, -0.2) is 28.7 Å². The number of nitrogens with one attached hydrogen (secondary N) is 1. The van der Waals surface area contributed by atoms with Gasteiger partial charge in [0, 0.05) is 12.7 Å².